The standard InChI is InChI=1S/C20H19BrN2/c1-15-19(14-22-13-17-9-5-3-6-10-17)20(21)16(2)23(15)18-11-7-4-8-12-18/h3-12,14H,13H2,1-2H3. The van der Waals surface area contributed by atoms with Crippen LogP contribution in [-0.4, -0.2) is 10.8 Å². The molecule has 0 radical (unpaired) electrons. The van der Waals surface area contributed by atoms with Gasteiger partial charge in [-0.3, -0.25) is 4.99 Å². The zero-order valence-corrected chi connectivity index (χ0v) is 14.9. The Morgan fingerprint density at radius 1 is 0.913 bits per heavy atom. The van der Waals surface area contributed by atoms with E-state index in [9.17, 15) is 0 Å². The van der Waals surface area contributed by atoms with Crippen molar-refractivity contribution in [3.63, 3.8) is 0 Å². The van der Waals surface area contributed by atoms with E-state index in [2.05, 4.69) is 75.7 Å². The molecule has 116 valence electrons. The molecule has 0 unspecified atom stereocenters. The van der Waals surface area contributed by atoms with Crippen LogP contribution in [0.3, 0.4) is 0 Å². The molecule has 0 bridgehead atoms. The molecule has 0 atom stereocenters. The van der Waals surface area contributed by atoms with Crippen LogP contribution in [0.5, 0.6) is 0 Å². The molecule has 0 aliphatic heterocycles. The first-order chi connectivity index (χ1) is 11.2. The summed E-state index contributed by atoms with van der Waals surface area (Å²) in [6.45, 7) is 4.95. The summed E-state index contributed by atoms with van der Waals surface area (Å²) in [5.74, 6) is 0. The van der Waals surface area contributed by atoms with E-state index in [0.29, 0.717) is 6.54 Å². The van der Waals surface area contributed by atoms with Gasteiger partial charge in [0.05, 0.1) is 6.54 Å². The molecule has 0 N–H and O–H groups in total. The first-order valence-electron chi connectivity index (χ1n) is 7.65. The third kappa shape index (κ3) is 3.30. The minimum Gasteiger partial charge on any atom is -0.317 e. The predicted octanol–water partition coefficient (Wildman–Crippen LogP) is 5.48. The summed E-state index contributed by atoms with van der Waals surface area (Å²) in [7, 11) is 0. The summed E-state index contributed by atoms with van der Waals surface area (Å²) in [6.07, 6.45) is 1.97. The number of rotatable bonds is 4. The first kappa shape index (κ1) is 15.8. The van der Waals surface area contributed by atoms with Crippen LogP contribution in [0.2, 0.25) is 0 Å². The Labute approximate surface area is 145 Å². The number of benzene rings is 2. The van der Waals surface area contributed by atoms with Crippen molar-refractivity contribution in [1.82, 2.24) is 4.57 Å². The number of aromatic nitrogens is 1. The molecule has 0 saturated heterocycles. The van der Waals surface area contributed by atoms with Crippen molar-refractivity contribution in [2.75, 3.05) is 0 Å². The van der Waals surface area contributed by atoms with E-state index in [0.717, 1.165) is 10.0 Å². The zero-order chi connectivity index (χ0) is 16.2. The molecule has 3 rings (SSSR count). The molecule has 0 fully saturated rings. The van der Waals surface area contributed by atoms with Crippen molar-refractivity contribution in [1.29, 1.82) is 0 Å². The second-order valence-electron chi connectivity index (χ2n) is 5.52. The quantitative estimate of drug-likeness (QED) is 0.544. The summed E-state index contributed by atoms with van der Waals surface area (Å²) in [5, 5.41) is 0. The Kier molecular flexibility index (Phi) is 4.77. The van der Waals surface area contributed by atoms with E-state index in [1.54, 1.807) is 0 Å². The van der Waals surface area contributed by atoms with E-state index >= 15 is 0 Å². The lowest BCUT2D eigenvalue weighted by Gasteiger charge is -2.08. The second kappa shape index (κ2) is 6.97. The van der Waals surface area contributed by atoms with Gasteiger partial charge in [-0.2, -0.15) is 0 Å². The molecule has 23 heavy (non-hydrogen) atoms. The second-order valence-corrected chi connectivity index (χ2v) is 6.32. The highest BCUT2D eigenvalue weighted by Crippen LogP contribution is 2.29. The average Bonchev–Trinajstić information content (AvgIpc) is 2.80. The van der Waals surface area contributed by atoms with Gasteiger partial charge in [0.2, 0.25) is 0 Å². The first-order valence-corrected chi connectivity index (χ1v) is 8.44. The highest BCUT2D eigenvalue weighted by molar-refractivity contribution is 9.10. The minimum absolute atomic E-state index is 0.697. The Balaban J connectivity index is 1.92. The lowest BCUT2D eigenvalue weighted by molar-refractivity contribution is 0.962. The van der Waals surface area contributed by atoms with Crippen LogP contribution in [0, 0.1) is 13.8 Å². The third-order valence-corrected chi connectivity index (χ3v) is 4.97. The number of aliphatic imine (C=N–C) groups is 1. The molecule has 1 aromatic heterocycles. The van der Waals surface area contributed by atoms with E-state index in [4.69, 9.17) is 0 Å². The van der Waals surface area contributed by atoms with Gasteiger partial charge in [-0.25, -0.2) is 0 Å². The van der Waals surface area contributed by atoms with Crippen LogP contribution in [0.25, 0.3) is 5.69 Å². The number of halogens is 1. The SMILES string of the molecule is Cc1c(Br)c(C=NCc2ccccc2)c(C)n1-c1ccccc1. The fourth-order valence-corrected chi connectivity index (χ4v) is 3.33. The van der Waals surface area contributed by atoms with E-state index in [1.807, 2.05) is 30.5 Å². The fourth-order valence-electron chi connectivity index (χ4n) is 2.76. The topological polar surface area (TPSA) is 17.3 Å². The Morgan fingerprint density at radius 3 is 2.17 bits per heavy atom. The lowest BCUT2D eigenvalue weighted by atomic mass is 10.2. The summed E-state index contributed by atoms with van der Waals surface area (Å²) in [4.78, 5) is 4.61. The molecule has 2 nitrogen and oxygen atoms in total. The van der Waals surface area contributed by atoms with Gasteiger partial charge in [0.1, 0.15) is 0 Å². The van der Waals surface area contributed by atoms with Crippen LogP contribution in [0.4, 0.5) is 0 Å². The highest BCUT2D eigenvalue weighted by atomic mass is 79.9. The molecule has 0 saturated carbocycles. The summed E-state index contributed by atoms with van der Waals surface area (Å²) in [5.41, 5.74) is 5.91. The van der Waals surface area contributed by atoms with Crippen molar-refractivity contribution in [3.05, 3.63) is 87.7 Å². The maximum Gasteiger partial charge on any atom is 0.0640 e. The van der Waals surface area contributed by atoms with Crippen LogP contribution in [0.15, 0.2) is 70.1 Å². The van der Waals surface area contributed by atoms with Crippen LogP contribution in [-0.2, 0) is 6.54 Å². The van der Waals surface area contributed by atoms with Crippen molar-refractivity contribution < 1.29 is 0 Å². The Bertz CT molecular complexity index is 818. The normalized spacial score (nSPS) is 11.3. The molecule has 0 amide bonds. The summed E-state index contributed by atoms with van der Waals surface area (Å²) < 4.78 is 3.36. The van der Waals surface area contributed by atoms with Crippen molar-refractivity contribution in [2.24, 2.45) is 4.99 Å². The molecule has 0 spiro atoms. The number of para-hydroxylation sites is 1. The summed E-state index contributed by atoms with van der Waals surface area (Å²) >= 11 is 3.72. The Morgan fingerprint density at radius 2 is 1.52 bits per heavy atom. The van der Waals surface area contributed by atoms with Crippen LogP contribution >= 0.6 is 15.9 Å². The smallest absolute Gasteiger partial charge is 0.0640 e. The highest BCUT2D eigenvalue weighted by Gasteiger charge is 2.15. The maximum absolute atomic E-state index is 4.61. The Hall–Kier alpha value is -2.13. The lowest BCUT2D eigenvalue weighted by Crippen LogP contribution is -1.99. The molecule has 2 aromatic carbocycles. The molecule has 0 aliphatic carbocycles. The molecular weight excluding hydrogens is 348 g/mol. The molecule has 3 heteroatoms. The third-order valence-electron chi connectivity index (χ3n) is 3.97. The molecule has 1 heterocycles. The summed E-state index contributed by atoms with van der Waals surface area (Å²) in [6, 6.07) is 20.7. The van der Waals surface area contributed by atoms with Gasteiger partial charge < -0.3 is 4.57 Å². The van der Waals surface area contributed by atoms with Crippen LogP contribution < -0.4 is 0 Å². The van der Waals surface area contributed by atoms with Gasteiger partial charge in [0.15, 0.2) is 0 Å². The fraction of sp³-hybridized carbons (Fsp3) is 0.150. The predicted molar refractivity (Wildman–Crippen MR) is 101 cm³/mol. The molecular formula is C20H19BrN2. The van der Waals surface area contributed by atoms with Crippen molar-refractivity contribution in [3.8, 4) is 5.69 Å². The minimum atomic E-state index is 0.697. The van der Waals surface area contributed by atoms with Gasteiger partial charge in [0, 0.05) is 33.3 Å². The van der Waals surface area contributed by atoms with Crippen LogP contribution in [0.1, 0.15) is 22.5 Å². The van der Waals surface area contributed by atoms with Gasteiger partial charge >= 0.3 is 0 Å². The van der Waals surface area contributed by atoms with E-state index in [-0.39, 0.29) is 0 Å². The van der Waals surface area contributed by atoms with Gasteiger partial charge in [-0.15, -0.1) is 0 Å². The molecule has 0 aliphatic rings. The maximum atomic E-state index is 4.61. The number of hydrogen-bond acceptors (Lipinski definition) is 1. The zero-order valence-electron chi connectivity index (χ0n) is 13.3. The van der Waals surface area contributed by atoms with E-state index in [1.165, 1.54) is 22.6 Å². The van der Waals surface area contributed by atoms with Gasteiger partial charge in [-0.05, 0) is 47.5 Å². The van der Waals surface area contributed by atoms with Crippen molar-refractivity contribution in [2.45, 2.75) is 20.4 Å². The van der Waals surface area contributed by atoms with Gasteiger partial charge in [-0.1, -0.05) is 48.5 Å². The van der Waals surface area contributed by atoms with Gasteiger partial charge in [0.25, 0.3) is 0 Å². The largest absolute Gasteiger partial charge is 0.317 e. The van der Waals surface area contributed by atoms with Crippen molar-refractivity contribution >= 4 is 22.1 Å². The molecule has 3 aromatic rings. The number of nitrogens with zero attached hydrogens (tertiary/aromatic N) is 2. The van der Waals surface area contributed by atoms with E-state index < -0.39 is 0 Å². The average molecular weight is 367 g/mol. The monoisotopic (exact) mass is 366 g/mol. The number of hydrogen-bond donors (Lipinski definition) is 0.